The number of nitrogens with two attached hydrogens (primary N) is 1. The fourth-order valence-corrected chi connectivity index (χ4v) is 3.83. The van der Waals surface area contributed by atoms with E-state index in [0.717, 1.165) is 5.56 Å². The fourth-order valence-electron chi connectivity index (χ4n) is 3.31. The number of primary sulfonamides is 1. The highest BCUT2D eigenvalue weighted by molar-refractivity contribution is 7.89. The topological polar surface area (TPSA) is 174 Å². The lowest BCUT2D eigenvalue weighted by molar-refractivity contribution is -0.138. The van der Waals surface area contributed by atoms with Gasteiger partial charge >= 0.3 is 11.9 Å². The number of sulfonamides is 1. The maximum absolute atomic E-state index is 11.4. The van der Waals surface area contributed by atoms with Crippen LogP contribution in [0.25, 0.3) is 0 Å². The van der Waals surface area contributed by atoms with Crippen LogP contribution in [0.1, 0.15) is 17.2 Å². The minimum absolute atomic E-state index is 0.0227. The Morgan fingerprint density at radius 1 is 0.909 bits per heavy atom. The molecule has 0 fully saturated rings. The van der Waals surface area contributed by atoms with Crippen molar-refractivity contribution in [3.05, 3.63) is 66.3 Å². The van der Waals surface area contributed by atoms with E-state index in [1.807, 2.05) is 4.90 Å². The number of aliphatic carboxylic acids is 2. The van der Waals surface area contributed by atoms with E-state index in [1.54, 1.807) is 24.5 Å². The van der Waals surface area contributed by atoms with E-state index < -0.39 is 22.0 Å². The predicted molar refractivity (Wildman–Crippen MR) is 115 cm³/mol. The monoisotopic (exact) mass is 476 g/mol. The average Bonchev–Trinajstić information content (AvgIpc) is 3.34. The summed E-state index contributed by atoms with van der Waals surface area (Å²) in [5.74, 6) is -0.905. The molecular weight excluding hydrogens is 452 g/mol. The molecule has 3 aromatic rings. The Balaban J connectivity index is 1.78. The summed E-state index contributed by atoms with van der Waals surface area (Å²) in [6, 6.07) is 6.23. The number of carbonyl (C=O) groups is 2. The molecule has 1 aromatic carbocycles. The van der Waals surface area contributed by atoms with Crippen LogP contribution < -0.4 is 5.14 Å². The second-order valence-corrected chi connectivity index (χ2v) is 8.94. The number of imidazole rings is 2. The van der Waals surface area contributed by atoms with E-state index >= 15 is 0 Å². The van der Waals surface area contributed by atoms with Crippen molar-refractivity contribution in [1.82, 2.24) is 24.0 Å². The zero-order valence-corrected chi connectivity index (χ0v) is 18.4. The van der Waals surface area contributed by atoms with Gasteiger partial charge < -0.3 is 19.3 Å². The third-order valence-corrected chi connectivity index (χ3v) is 5.84. The van der Waals surface area contributed by atoms with Crippen LogP contribution >= 0.6 is 0 Å². The predicted octanol–water partition coefficient (Wildman–Crippen LogP) is 0.141. The molecule has 0 saturated heterocycles. The van der Waals surface area contributed by atoms with Gasteiger partial charge in [0.1, 0.15) is 24.7 Å². The Kier molecular flexibility index (Phi) is 7.58. The van der Waals surface area contributed by atoms with Crippen molar-refractivity contribution in [2.45, 2.75) is 37.5 Å². The Morgan fingerprint density at radius 2 is 1.39 bits per heavy atom. The van der Waals surface area contributed by atoms with Gasteiger partial charge in [-0.3, -0.25) is 14.5 Å². The first-order valence-corrected chi connectivity index (χ1v) is 11.4. The highest BCUT2D eigenvalue weighted by atomic mass is 32.2. The first-order chi connectivity index (χ1) is 15.6. The van der Waals surface area contributed by atoms with E-state index in [0.29, 0.717) is 37.7 Å². The maximum atomic E-state index is 11.4. The van der Waals surface area contributed by atoms with Gasteiger partial charge in [-0.1, -0.05) is 12.1 Å². The van der Waals surface area contributed by atoms with Crippen LogP contribution in [-0.4, -0.2) is 61.1 Å². The first kappa shape index (κ1) is 24.1. The van der Waals surface area contributed by atoms with Crippen molar-refractivity contribution in [3.63, 3.8) is 0 Å². The van der Waals surface area contributed by atoms with Crippen molar-refractivity contribution in [1.29, 1.82) is 0 Å². The van der Waals surface area contributed by atoms with E-state index in [2.05, 4.69) is 9.97 Å². The quantitative estimate of drug-likeness (QED) is 0.328. The SMILES string of the molecule is NS(=O)(=O)c1ccc(CCN(Cc2nccn2CC(=O)O)Cc2nccn2CC(=O)O)cc1. The molecule has 0 radical (unpaired) electrons. The molecule has 0 bridgehead atoms. The zero-order chi connectivity index (χ0) is 24.0. The smallest absolute Gasteiger partial charge is 0.323 e. The molecular formula is C20H24N6O6S. The molecule has 0 aliphatic heterocycles. The molecule has 0 atom stereocenters. The Hall–Kier alpha value is -3.55. The lowest BCUT2D eigenvalue weighted by Crippen LogP contribution is -2.29. The van der Waals surface area contributed by atoms with E-state index in [9.17, 15) is 18.0 Å². The minimum Gasteiger partial charge on any atom is -0.480 e. The molecule has 2 aromatic heterocycles. The van der Waals surface area contributed by atoms with Crippen LogP contribution in [0.15, 0.2) is 53.9 Å². The van der Waals surface area contributed by atoms with Crippen LogP contribution in [0, 0.1) is 0 Å². The van der Waals surface area contributed by atoms with Crippen molar-refractivity contribution >= 4 is 22.0 Å². The molecule has 4 N–H and O–H groups in total. The molecule has 33 heavy (non-hydrogen) atoms. The van der Waals surface area contributed by atoms with Crippen LogP contribution in [-0.2, 0) is 52.2 Å². The van der Waals surface area contributed by atoms with Gasteiger partial charge in [0.25, 0.3) is 0 Å². The lowest BCUT2D eigenvalue weighted by Gasteiger charge is -2.22. The third-order valence-electron chi connectivity index (χ3n) is 4.91. The lowest BCUT2D eigenvalue weighted by atomic mass is 10.1. The Bertz CT molecular complexity index is 1160. The number of aromatic nitrogens is 4. The summed E-state index contributed by atoms with van der Waals surface area (Å²) in [5, 5.41) is 23.4. The van der Waals surface area contributed by atoms with E-state index in [1.165, 1.54) is 33.7 Å². The highest BCUT2D eigenvalue weighted by Crippen LogP contribution is 2.13. The van der Waals surface area contributed by atoms with Crippen molar-refractivity contribution in [3.8, 4) is 0 Å². The molecule has 3 rings (SSSR count). The Morgan fingerprint density at radius 3 is 1.82 bits per heavy atom. The molecule has 12 nitrogen and oxygen atoms in total. The third kappa shape index (κ3) is 6.97. The minimum atomic E-state index is -3.78. The number of hydrogen-bond donors (Lipinski definition) is 3. The number of carboxylic acid groups (broad SMARTS) is 2. The van der Waals surface area contributed by atoms with Crippen LogP contribution in [0.3, 0.4) is 0 Å². The second kappa shape index (κ2) is 10.4. The van der Waals surface area contributed by atoms with Gasteiger partial charge in [-0.25, -0.2) is 23.5 Å². The number of rotatable bonds is 12. The van der Waals surface area contributed by atoms with Crippen LogP contribution in [0.4, 0.5) is 0 Å². The molecule has 176 valence electrons. The number of nitrogens with zero attached hydrogens (tertiary/aromatic N) is 5. The summed E-state index contributed by atoms with van der Waals surface area (Å²) in [6.45, 7) is 0.636. The largest absolute Gasteiger partial charge is 0.480 e. The van der Waals surface area contributed by atoms with Crippen molar-refractivity contribution in [2.24, 2.45) is 5.14 Å². The normalized spacial score (nSPS) is 11.7. The molecule has 13 heteroatoms. The van der Waals surface area contributed by atoms with Gasteiger partial charge in [-0.2, -0.15) is 0 Å². The molecule has 0 saturated carbocycles. The summed E-state index contributed by atoms with van der Waals surface area (Å²) in [7, 11) is -3.78. The summed E-state index contributed by atoms with van der Waals surface area (Å²) in [6.07, 6.45) is 6.75. The van der Waals surface area contributed by atoms with Gasteiger partial charge in [0, 0.05) is 31.3 Å². The zero-order valence-electron chi connectivity index (χ0n) is 17.6. The molecule has 0 aliphatic carbocycles. The van der Waals surface area contributed by atoms with E-state index in [4.69, 9.17) is 15.4 Å². The Labute approximate surface area is 190 Å². The summed E-state index contributed by atoms with van der Waals surface area (Å²) < 4.78 is 26.0. The molecule has 0 unspecified atom stereocenters. The average molecular weight is 477 g/mol. The van der Waals surface area contributed by atoms with E-state index in [-0.39, 0.29) is 18.0 Å². The molecule has 0 spiro atoms. The van der Waals surface area contributed by atoms with Crippen molar-refractivity contribution in [2.75, 3.05) is 6.54 Å². The molecule has 2 heterocycles. The van der Waals surface area contributed by atoms with Gasteiger partial charge in [0.15, 0.2) is 0 Å². The molecule has 0 aliphatic rings. The number of carboxylic acids is 2. The van der Waals surface area contributed by atoms with Gasteiger partial charge in [0.2, 0.25) is 10.0 Å². The van der Waals surface area contributed by atoms with Crippen LogP contribution in [0.2, 0.25) is 0 Å². The summed E-state index contributed by atoms with van der Waals surface area (Å²) in [5.41, 5.74) is 0.871. The van der Waals surface area contributed by atoms with Crippen molar-refractivity contribution < 1.29 is 28.2 Å². The first-order valence-electron chi connectivity index (χ1n) is 9.89. The second-order valence-electron chi connectivity index (χ2n) is 7.38. The van der Waals surface area contributed by atoms with Crippen LogP contribution in [0.5, 0.6) is 0 Å². The number of hydrogen-bond acceptors (Lipinski definition) is 7. The van der Waals surface area contributed by atoms with Gasteiger partial charge in [0.05, 0.1) is 18.0 Å². The van der Waals surface area contributed by atoms with Gasteiger partial charge in [-0.05, 0) is 24.1 Å². The maximum Gasteiger partial charge on any atom is 0.323 e. The molecule has 0 amide bonds. The number of benzene rings is 1. The summed E-state index contributed by atoms with van der Waals surface area (Å²) in [4.78, 5) is 32.8. The highest BCUT2D eigenvalue weighted by Gasteiger charge is 2.16. The summed E-state index contributed by atoms with van der Waals surface area (Å²) >= 11 is 0. The standard InChI is InChI=1S/C20H24N6O6S/c21-33(31,32)16-3-1-15(2-4-16)5-8-24(11-17-22-6-9-25(17)13-19(27)28)12-18-23-7-10-26(18)14-20(29)30/h1-4,6-7,9-10H,5,8,11-14H2,(H,27,28)(H,29,30)(H2,21,31,32). The van der Waals surface area contributed by atoms with Gasteiger partial charge in [-0.15, -0.1) is 0 Å². The fraction of sp³-hybridized carbons (Fsp3) is 0.300.